The predicted molar refractivity (Wildman–Crippen MR) is 48.3 cm³/mol. The average Bonchev–Trinajstić information content (AvgIpc) is 2.11. The topological polar surface area (TPSA) is 17.1 Å². The quantitative estimate of drug-likeness (QED) is 0.531. The maximum Gasteiger partial charge on any atom is 0.159 e. The van der Waals surface area contributed by atoms with Gasteiger partial charge in [0, 0.05) is 5.56 Å². The first-order valence-corrected chi connectivity index (χ1v) is 4.24. The number of alkyl halides is 2. The van der Waals surface area contributed by atoms with Crippen LogP contribution in [0.25, 0.3) is 0 Å². The van der Waals surface area contributed by atoms with Crippen LogP contribution in [-0.2, 0) is 0 Å². The predicted octanol–water partition coefficient (Wildman–Crippen LogP) is 3.20. The van der Waals surface area contributed by atoms with E-state index in [1.807, 2.05) is 0 Å². The number of halogens is 4. The summed E-state index contributed by atoms with van der Waals surface area (Å²) in [5.41, 5.74) is 0.138. The minimum atomic E-state index is -0.996. The van der Waals surface area contributed by atoms with Crippen LogP contribution in [0.5, 0.6) is 0 Å². The highest BCUT2D eigenvalue weighted by atomic mass is 35.5. The molecular weight excluding hydrogens is 221 g/mol. The summed E-state index contributed by atoms with van der Waals surface area (Å²) in [4.78, 5) is 9.98. The average molecular weight is 227 g/mol. The molecule has 1 aromatic carbocycles. The molecule has 0 amide bonds. The summed E-state index contributed by atoms with van der Waals surface area (Å²) >= 11 is 9.53. The zero-order chi connectivity index (χ0) is 10.3. The van der Waals surface area contributed by atoms with Gasteiger partial charge in [-0.15, -0.1) is 23.2 Å². The number of carbonyl (C=O) groups is 1. The second kappa shape index (κ2) is 6.80. The molecule has 0 saturated carbocycles. The number of benzene rings is 1. The molecule has 0 bridgehead atoms. The Balaban J connectivity index is 0.000000424. The van der Waals surface area contributed by atoms with Crippen molar-refractivity contribution in [3.8, 4) is 0 Å². The molecule has 1 aromatic rings. The third-order valence-electron chi connectivity index (χ3n) is 1.08. The highest BCUT2D eigenvalue weighted by molar-refractivity contribution is 6.40. The lowest BCUT2D eigenvalue weighted by molar-refractivity contribution is 0.112. The monoisotopic (exact) mass is 226 g/mol. The van der Waals surface area contributed by atoms with E-state index in [9.17, 15) is 13.6 Å². The Morgan fingerprint density at radius 1 is 1.23 bits per heavy atom. The van der Waals surface area contributed by atoms with Crippen molar-refractivity contribution < 1.29 is 13.6 Å². The molecule has 0 spiro atoms. The van der Waals surface area contributed by atoms with Crippen molar-refractivity contribution in [2.45, 2.75) is 0 Å². The highest BCUT2D eigenvalue weighted by Crippen LogP contribution is 2.06. The summed E-state index contributed by atoms with van der Waals surface area (Å²) < 4.78 is 24.4. The molecule has 0 atom stereocenters. The molecule has 0 aliphatic carbocycles. The molecule has 0 fully saturated rings. The van der Waals surface area contributed by atoms with Crippen LogP contribution in [0.2, 0.25) is 0 Å². The van der Waals surface area contributed by atoms with E-state index in [-0.39, 0.29) is 10.9 Å². The summed E-state index contributed by atoms with van der Waals surface area (Å²) in [6.07, 6.45) is 0.461. The fourth-order valence-corrected chi connectivity index (χ4v) is 0.586. The maximum absolute atomic E-state index is 12.2. The minimum Gasteiger partial charge on any atom is -0.298 e. The largest absolute Gasteiger partial charge is 0.298 e. The van der Waals surface area contributed by atoms with Crippen LogP contribution in [-0.4, -0.2) is 11.6 Å². The van der Waals surface area contributed by atoms with Gasteiger partial charge >= 0.3 is 0 Å². The van der Waals surface area contributed by atoms with Crippen molar-refractivity contribution in [3.05, 3.63) is 35.4 Å². The Labute approximate surface area is 84.3 Å². The molecule has 0 saturated heterocycles. The van der Waals surface area contributed by atoms with Crippen LogP contribution < -0.4 is 0 Å². The molecule has 0 aliphatic rings. The van der Waals surface area contributed by atoms with Gasteiger partial charge in [0.1, 0.15) is 6.29 Å². The van der Waals surface area contributed by atoms with E-state index >= 15 is 0 Å². The van der Waals surface area contributed by atoms with Crippen molar-refractivity contribution in [1.29, 1.82) is 0 Å². The molecule has 72 valence electrons. The van der Waals surface area contributed by atoms with Gasteiger partial charge in [-0.05, 0) is 18.2 Å². The van der Waals surface area contributed by atoms with Gasteiger partial charge in [-0.1, -0.05) is 0 Å². The molecule has 0 radical (unpaired) electrons. The van der Waals surface area contributed by atoms with Crippen LogP contribution in [0, 0.1) is 11.6 Å². The number of hydrogen-bond acceptors (Lipinski definition) is 1. The standard InChI is InChI=1S/C7H4F2O.CH2Cl2/c8-6-2-1-5(4-10)3-7(6)9;2-1-3/h1-4H;1H2. The summed E-state index contributed by atoms with van der Waals surface area (Å²) in [7, 11) is 0. The van der Waals surface area contributed by atoms with Crippen LogP contribution in [0.3, 0.4) is 0 Å². The van der Waals surface area contributed by atoms with Crippen LogP contribution >= 0.6 is 23.2 Å². The Kier molecular flexibility index (Phi) is 6.45. The third-order valence-corrected chi connectivity index (χ3v) is 1.08. The molecular formula is C8H6Cl2F2O. The fraction of sp³-hybridized carbons (Fsp3) is 0.125. The molecule has 1 nitrogen and oxygen atoms in total. The zero-order valence-corrected chi connectivity index (χ0v) is 7.95. The maximum atomic E-state index is 12.2. The van der Waals surface area contributed by atoms with E-state index in [0.29, 0.717) is 6.29 Å². The Morgan fingerprint density at radius 2 is 1.77 bits per heavy atom. The SMILES string of the molecule is ClCCl.O=Cc1ccc(F)c(F)c1. The molecule has 1 rings (SSSR count). The van der Waals surface area contributed by atoms with Crippen molar-refractivity contribution in [2.75, 3.05) is 5.34 Å². The zero-order valence-electron chi connectivity index (χ0n) is 6.44. The van der Waals surface area contributed by atoms with Crippen molar-refractivity contribution >= 4 is 29.5 Å². The molecule has 0 aliphatic heterocycles. The first-order chi connectivity index (χ1) is 6.15. The van der Waals surface area contributed by atoms with E-state index in [1.165, 1.54) is 6.07 Å². The fourth-order valence-electron chi connectivity index (χ4n) is 0.586. The lowest BCUT2D eigenvalue weighted by Gasteiger charge is -1.91. The molecule has 5 heteroatoms. The first-order valence-electron chi connectivity index (χ1n) is 3.17. The molecule has 0 unspecified atom stereocenters. The highest BCUT2D eigenvalue weighted by Gasteiger charge is 1.99. The van der Waals surface area contributed by atoms with Crippen LogP contribution in [0.15, 0.2) is 18.2 Å². The first kappa shape index (κ1) is 12.3. The van der Waals surface area contributed by atoms with Gasteiger partial charge < -0.3 is 0 Å². The van der Waals surface area contributed by atoms with Crippen molar-refractivity contribution in [3.63, 3.8) is 0 Å². The summed E-state index contributed by atoms with van der Waals surface area (Å²) in [5.74, 6) is -1.94. The van der Waals surface area contributed by atoms with Gasteiger partial charge in [0.25, 0.3) is 0 Å². The van der Waals surface area contributed by atoms with E-state index in [1.54, 1.807) is 0 Å². The Bertz CT molecular complexity index is 279. The van der Waals surface area contributed by atoms with Crippen molar-refractivity contribution in [1.82, 2.24) is 0 Å². The smallest absolute Gasteiger partial charge is 0.159 e. The number of carbonyl (C=O) groups excluding carboxylic acids is 1. The van der Waals surface area contributed by atoms with E-state index in [4.69, 9.17) is 23.2 Å². The lowest BCUT2D eigenvalue weighted by atomic mass is 10.2. The number of aldehydes is 1. The van der Waals surface area contributed by atoms with Gasteiger partial charge in [0.15, 0.2) is 11.6 Å². The van der Waals surface area contributed by atoms with E-state index in [0.717, 1.165) is 12.1 Å². The molecule has 0 N–H and O–H groups in total. The van der Waals surface area contributed by atoms with Gasteiger partial charge in [-0.3, -0.25) is 4.79 Å². The van der Waals surface area contributed by atoms with Crippen molar-refractivity contribution in [2.24, 2.45) is 0 Å². The van der Waals surface area contributed by atoms with Gasteiger partial charge in [0.05, 0.1) is 5.34 Å². The summed E-state index contributed by atoms with van der Waals surface area (Å²) in [6, 6.07) is 2.98. The third kappa shape index (κ3) is 4.80. The van der Waals surface area contributed by atoms with Crippen LogP contribution in [0.4, 0.5) is 8.78 Å². The Morgan fingerprint density at radius 3 is 2.15 bits per heavy atom. The van der Waals surface area contributed by atoms with E-state index in [2.05, 4.69) is 0 Å². The molecule has 0 heterocycles. The van der Waals surface area contributed by atoms with Gasteiger partial charge in [-0.2, -0.15) is 0 Å². The number of hydrogen-bond donors (Lipinski definition) is 0. The summed E-state index contributed by atoms with van der Waals surface area (Å²) in [6.45, 7) is 0. The normalized spacial score (nSPS) is 8.62. The molecule has 0 aromatic heterocycles. The van der Waals surface area contributed by atoms with Crippen LogP contribution in [0.1, 0.15) is 10.4 Å². The van der Waals surface area contributed by atoms with Gasteiger partial charge in [0.2, 0.25) is 0 Å². The summed E-state index contributed by atoms with van der Waals surface area (Å²) in [5, 5.41) is 0.194. The second-order valence-corrected chi connectivity index (χ2v) is 2.70. The van der Waals surface area contributed by atoms with E-state index < -0.39 is 11.6 Å². The number of rotatable bonds is 1. The Hall–Kier alpha value is -0.670. The minimum absolute atomic E-state index is 0.138. The molecule has 13 heavy (non-hydrogen) atoms. The van der Waals surface area contributed by atoms with Gasteiger partial charge in [-0.25, -0.2) is 8.78 Å². The second-order valence-electron chi connectivity index (χ2n) is 1.89. The lowest BCUT2D eigenvalue weighted by Crippen LogP contribution is -1.86.